The van der Waals surface area contributed by atoms with E-state index in [2.05, 4.69) is 36.1 Å². The van der Waals surface area contributed by atoms with Crippen molar-refractivity contribution in [3.63, 3.8) is 0 Å². The largest absolute Gasteiger partial charge is 0.301 e. The first-order valence-corrected chi connectivity index (χ1v) is 8.64. The predicted octanol–water partition coefficient (Wildman–Crippen LogP) is 5.19. The summed E-state index contributed by atoms with van der Waals surface area (Å²) in [6.45, 7) is 2.88. The van der Waals surface area contributed by atoms with Gasteiger partial charge in [-0.05, 0) is 23.6 Å². The van der Waals surface area contributed by atoms with Crippen LogP contribution < -0.4 is 0 Å². The second-order valence-electron chi connectivity index (χ2n) is 6.24. The molecule has 0 saturated carbocycles. The van der Waals surface area contributed by atoms with E-state index >= 15 is 0 Å². The molecule has 0 fully saturated rings. The summed E-state index contributed by atoms with van der Waals surface area (Å²) >= 11 is 0. The summed E-state index contributed by atoms with van der Waals surface area (Å²) in [6.07, 6.45) is 1.05. The number of carbonyl (C=O) groups is 1. The lowest BCUT2D eigenvalue weighted by Crippen LogP contribution is -2.32. The number of benzene rings is 3. The second-order valence-corrected chi connectivity index (χ2v) is 6.24. The zero-order chi connectivity index (χ0) is 17.5. The summed E-state index contributed by atoms with van der Waals surface area (Å²) in [5.74, 6) is 0. The monoisotopic (exact) mass is 329 g/mol. The molecule has 2 heteroatoms. The minimum atomic E-state index is -0.281. The molecule has 0 aliphatic carbocycles. The first-order valence-electron chi connectivity index (χ1n) is 8.64. The Morgan fingerprint density at radius 1 is 0.760 bits per heavy atom. The van der Waals surface area contributed by atoms with Gasteiger partial charge in [0.1, 0.15) is 6.29 Å². The summed E-state index contributed by atoms with van der Waals surface area (Å²) in [4.78, 5) is 14.3. The lowest BCUT2D eigenvalue weighted by Gasteiger charge is -2.34. The standard InChI is InChI=1S/C23H23NO/c1-19(21-13-7-3-8-14-21)24(17-20-11-5-2-6-12-20)23(18-25)22-15-9-4-10-16-22/h2-16,18-19,23H,17H2,1H3/t19-,23+/m1/s1. The molecule has 25 heavy (non-hydrogen) atoms. The van der Waals surface area contributed by atoms with Crippen LogP contribution >= 0.6 is 0 Å². The van der Waals surface area contributed by atoms with Crippen LogP contribution in [0.2, 0.25) is 0 Å². The number of rotatable bonds is 7. The van der Waals surface area contributed by atoms with Crippen molar-refractivity contribution in [3.05, 3.63) is 108 Å². The van der Waals surface area contributed by atoms with Gasteiger partial charge in [0, 0.05) is 12.6 Å². The molecule has 0 aliphatic rings. The van der Waals surface area contributed by atoms with Gasteiger partial charge in [-0.1, -0.05) is 91.0 Å². The van der Waals surface area contributed by atoms with Gasteiger partial charge in [0.25, 0.3) is 0 Å². The average Bonchev–Trinajstić information content (AvgIpc) is 2.69. The summed E-state index contributed by atoms with van der Waals surface area (Å²) < 4.78 is 0. The highest BCUT2D eigenvalue weighted by atomic mass is 16.1. The Bertz CT molecular complexity index is 771. The van der Waals surface area contributed by atoms with Crippen molar-refractivity contribution in [2.24, 2.45) is 0 Å². The SMILES string of the molecule is C[C@H](c1ccccc1)N(Cc1ccccc1)[C@@H](C=O)c1ccccc1. The maximum absolute atomic E-state index is 12.0. The van der Waals surface area contributed by atoms with E-state index < -0.39 is 0 Å². The molecule has 0 aliphatic heterocycles. The van der Waals surface area contributed by atoms with E-state index in [1.807, 2.05) is 66.7 Å². The number of hydrogen-bond acceptors (Lipinski definition) is 2. The van der Waals surface area contributed by atoms with Crippen molar-refractivity contribution in [2.75, 3.05) is 0 Å². The second kappa shape index (κ2) is 8.41. The first kappa shape index (κ1) is 17.1. The Hall–Kier alpha value is -2.71. The van der Waals surface area contributed by atoms with Crippen molar-refractivity contribution in [1.82, 2.24) is 4.90 Å². The van der Waals surface area contributed by atoms with Crippen LogP contribution in [-0.2, 0) is 11.3 Å². The Labute approximate surface area is 149 Å². The fourth-order valence-electron chi connectivity index (χ4n) is 3.19. The van der Waals surface area contributed by atoms with E-state index in [0.29, 0.717) is 0 Å². The minimum absolute atomic E-state index is 0.122. The zero-order valence-electron chi connectivity index (χ0n) is 14.5. The van der Waals surface area contributed by atoms with Crippen LogP contribution in [-0.4, -0.2) is 11.2 Å². The lowest BCUT2D eigenvalue weighted by atomic mass is 9.99. The maximum atomic E-state index is 12.0. The minimum Gasteiger partial charge on any atom is -0.301 e. The smallest absolute Gasteiger partial charge is 0.141 e. The molecule has 0 aromatic heterocycles. The van der Waals surface area contributed by atoms with Crippen LogP contribution in [0, 0.1) is 0 Å². The van der Waals surface area contributed by atoms with Gasteiger partial charge in [-0.2, -0.15) is 0 Å². The topological polar surface area (TPSA) is 20.3 Å². The average molecular weight is 329 g/mol. The van der Waals surface area contributed by atoms with E-state index in [0.717, 1.165) is 18.4 Å². The fraction of sp³-hybridized carbons (Fsp3) is 0.174. The molecule has 3 aromatic rings. The van der Waals surface area contributed by atoms with Gasteiger partial charge in [-0.15, -0.1) is 0 Å². The Morgan fingerprint density at radius 2 is 1.24 bits per heavy atom. The normalized spacial score (nSPS) is 13.4. The molecule has 2 nitrogen and oxygen atoms in total. The van der Waals surface area contributed by atoms with E-state index in [1.165, 1.54) is 11.1 Å². The van der Waals surface area contributed by atoms with Crippen LogP contribution in [0.4, 0.5) is 0 Å². The van der Waals surface area contributed by atoms with E-state index in [9.17, 15) is 4.79 Å². The third-order valence-electron chi connectivity index (χ3n) is 4.61. The molecule has 0 unspecified atom stereocenters. The summed E-state index contributed by atoms with van der Waals surface area (Å²) in [5, 5.41) is 0. The lowest BCUT2D eigenvalue weighted by molar-refractivity contribution is -0.113. The molecular formula is C23H23NO. The van der Waals surface area contributed by atoms with Crippen LogP contribution in [0.1, 0.15) is 35.7 Å². The van der Waals surface area contributed by atoms with Gasteiger partial charge in [-0.25, -0.2) is 0 Å². The zero-order valence-corrected chi connectivity index (χ0v) is 14.5. The maximum Gasteiger partial charge on any atom is 0.141 e. The van der Waals surface area contributed by atoms with Crippen molar-refractivity contribution in [2.45, 2.75) is 25.6 Å². The summed E-state index contributed by atoms with van der Waals surface area (Å²) in [5.41, 5.74) is 3.44. The molecule has 126 valence electrons. The molecule has 0 spiro atoms. The molecule has 0 N–H and O–H groups in total. The molecule has 0 bridgehead atoms. The van der Waals surface area contributed by atoms with Crippen LogP contribution in [0.3, 0.4) is 0 Å². The Morgan fingerprint density at radius 3 is 1.76 bits per heavy atom. The highest BCUT2D eigenvalue weighted by molar-refractivity contribution is 5.61. The van der Waals surface area contributed by atoms with Gasteiger partial charge in [-0.3, -0.25) is 4.90 Å². The van der Waals surface area contributed by atoms with Gasteiger partial charge < -0.3 is 4.79 Å². The van der Waals surface area contributed by atoms with Crippen molar-refractivity contribution in [1.29, 1.82) is 0 Å². The van der Waals surface area contributed by atoms with E-state index in [1.54, 1.807) is 0 Å². The Balaban J connectivity index is 1.97. The fourth-order valence-corrected chi connectivity index (χ4v) is 3.19. The molecule has 3 aromatic carbocycles. The van der Waals surface area contributed by atoms with Crippen molar-refractivity contribution in [3.8, 4) is 0 Å². The molecule has 3 rings (SSSR count). The molecule has 0 amide bonds. The van der Waals surface area contributed by atoms with Gasteiger partial charge in [0.15, 0.2) is 0 Å². The molecule has 2 atom stereocenters. The van der Waals surface area contributed by atoms with Gasteiger partial charge in [0.05, 0.1) is 6.04 Å². The van der Waals surface area contributed by atoms with Gasteiger partial charge in [0.2, 0.25) is 0 Å². The number of nitrogens with zero attached hydrogens (tertiary/aromatic N) is 1. The predicted molar refractivity (Wildman–Crippen MR) is 102 cm³/mol. The molecule has 0 radical (unpaired) electrons. The Kier molecular flexibility index (Phi) is 5.76. The molecule has 0 heterocycles. The van der Waals surface area contributed by atoms with Crippen molar-refractivity contribution >= 4 is 6.29 Å². The number of carbonyl (C=O) groups excluding carboxylic acids is 1. The van der Waals surface area contributed by atoms with Crippen LogP contribution in [0.15, 0.2) is 91.0 Å². The quantitative estimate of drug-likeness (QED) is 0.556. The summed E-state index contributed by atoms with van der Waals surface area (Å²) in [7, 11) is 0. The van der Waals surface area contributed by atoms with Gasteiger partial charge >= 0.3 is 0 Å². The first-order chi connectivity index (χ1) is 12.3. The highest BCUT2D eigenvalue weighted by Crippen LogP contribution is 2.31. The van der Waals surface area contributed by atoms with E-state index in [-0.39, 0.29) is 12.1 Å². The van der Waals surface area contributed by atoms with Crippen molar-refractivity contribution < 1.29 is 4.79 Å². The third kappa shape index (κ3) is 4.23. The number of aldehydes is 1. The molecular weight excluding hydrogens is 306 g/mol. The van der Waals surface area contributed by atoms with Crippen LogP contribution in [0.5, 0.6) is 0 Å². The summed E-state index contributed by atoms with van der Waals surface area (Å²) in [6, 6.07) is 30.5. The highest BCUT2D eigenvalue weighted by Gasteiger charge is 2.25. The number of hydrogen-bond donors (Lipinski definition) is 0. The van der Waals surface area contributed by atoms with E-state index in [4.69, 9.17) is 0 Å². The van der Waals surface area contributed by atoms with Crippen LogP contribution in [0.25, 0.3) is 0 Å². The molecule has 0 saturated heterocycles. The third-order valence-corrected chi connectivity index (χ3v) is 4.61.